The van der Waals surface area contributed by atoms with E-state index in [1.165, 1.54) is 16.2 Å². The largest absolute Gasteiger partial charge is 0.387 e. The fourth-order valence-corrected chi connectivity index (χ4v) is 5.38. The Morgan fingerprint density at radius 3 is 3.00 bits per heavy atom. The average molecular weight is 373 g/mol. The summed E-state index contributed by atoms with van der Waals surface area (Å²) in [4.78, 5) is 2.54. The number of fused-ring (bicyclic) bond motifs is 1. The van der Waals surface area contributed by atoms with Crippen molar-refractivity contribution in [2.75, 3.05) is 5.75 Å². The normalized spacial score (nSPS) is 16.2. The molecule has 1 aliphatic rings. The molecule has 2 aromatic rings. The molecule has 1 N–H and O–H groups in total. The van der Waals surface area contributed by atoms with Gasteiger partial charge in [-0.3, -0.25) is 4.68 Å². The van der Waals surface area contributed by atoms with Crippen LogP contribution in [0.5, 0.6) is 0 Å². The van der Waals surface area contributed by atoms with Crippen molar-refractivity contribution in [3.8, 4) is 0 Å². The average Bonchev–Trinajstić information content (AvgIpc) is 2.95. The Balaban J connectivity index is 1.82. The van der Waals surface area contributed by atoms with Crippen LogP contribution in [0.2, 0.25) is 0 Å². The Morgan fingerprint density at radius 1 is 1.55 bits per heavy atom. The Kier molecular flexibility index (Phi) is 4.26. The van der Waals surface area contributed by atoms with Gasteiger partial charge in [0.1, 0.15) is 0 Å². The van der Waals surface area contributed by atoms with E-state index in [1.807, 2.05) is 30.4 Å². The van der Waals surface area contributed by atoms with E-state index in [0.717, 1.165) is 32.9 Å². The topological polar surface area (TPSA) is 38.0 Å². The van der Waals surface area contributed by atoms with Crippen molar-refractivity contribution in [2.45, 2.75) is 31.6 Å². The molecule has 0 amide bonds. The van der Waals surface area contributed by atoms with Gasteiger partial charge in [0.15, 0.2) is 0 Å². The minimum Gasteiger partial charge on any atom is -0.387 e. The third-order valence-electron chi connectivity index (χ3n) is 3.62. The van der Waals surface area contributed by atoms with E-state index < -0.39 is 6.10 Å². The minimum atomic E-state index is -0.443. The fraction of sp³-hybridized carbons (Fsp3) is 0.500. The maximum absolute atomic E-state index is 10.5. The zero-order valence-electron chi connectivity index (χ0n) is 11.5. The van der Waals surface area contributed by atoms with Crippen LogP contribution in [-0.2, 0) is 25.6 Å². The van der Waals surface area contributed by atoms with Gasteiger partial charge in [0, 0.05) is 29.0 Å². The maximum atomic E-state index is 10.5. The number of aromatic nitrogens is 2. The number of thiophene rings is 1. The lowest BCUT2D eigenvalue weighted by molar-refractivity contribution is 0.179. The van der Waals surface area contributed by atoms with Crippen molar-refractivity contribution in [2.24, 2.45) is 7.05 Å². The SMILES string of the molecule is Cc1nn(C)c(CC(O)c2cc3c(s2)CCSC3)c1Br. The van der Waals surface area contributed by atoms with Crippen LogP contribution < -0.4 is 0 Å². The predicted octanol–water partition coefficient (Wildman–Crippen LogP) is 3.62. The summed E-state index contributed by atoms with van der Waals surface area (Å²) in [5.41, 5.74) is 3.44. The summed E-state index contributed by atoms with van der Waals surface area (Å²) in [5, 5.41) is 14.9. The van der Waals surface area contributed by atoms with Crippen molar-refractivity contribution in [3.63, 3.8) is 0 Å². The number of thioether (sulfide) groups is 1. The number of aliphatic hydroxyl groups excluding tert-OH is 1. The summed E-state index contributed by atoms with van der Waals surface area (Å²) < 4.78 is 2.86. The molecule has 3 nitrogen and oxygen atoms in total. The molecule has 20 heavy (non-hydrogen) atoms. The van der Waals surface area contributed by atoms with Gasteiger partial charge in [0.05, 0.1) is 22.0 Å². The minimum absolute atomic E-state index is 0.443. The maximum Gasteiger partial charge on any atom is 0.0937 e. The van der Waals surface area contributed by atoms with Crippen molar-refractivity contribution in [1.82, 2.24) is 9.78 Å². The third kappa shape index (κ3) is 2.71. The molecule has 0 aliphatic carbocycles. The third-order valence-corrected chi connectivity index (χ3v) is 7.00. The standard InChI is InChI=1S/C14H17BrN2OS2/c1-8-14(15)10(17(2)16-8)6-11(18)13-5-9-7-19-4-3-12(9)20-13/h5,11,18H,3-4,6-7H2,1-2H3. The molecule has 1 unspecified atom stereocenters. The molecule has 0 aromatic carbocycles. The highest BCUT2D eigenvalue weighted by Crippen LogP contribution is 2.36. The smallest absolute Gasteiger partial charge is 0.0937 e. The van der Waals surface area contributed by atoms with Gasteiger partial charge in [-0.25, -0.2) is 0 Å². The van der Waals surface area contributed by atoms with Gasteiger partial charge in [0.2, 0.25) is 0 Å². The Bertz CT molecular complexity index is 612. The molecule has 108 valence electrons. The van der Waals surface area contributed by atoms with Crippen LogP contribution in [0.1, 0.15) is 32.8 Å². The molecule has 0 bridgehead atoms. The van der Waals surface area contributed by atoms with Crippen molar-refractivity contribution in [3.05, 3.63) is 37.2 Å². The van der Waals surface area contributed by atoms with Gasteiger partial charge >= 0.3 is 0 Å². The lowest BCUT2D eigenvalue weighted by atomic mass is 10.1. The highest BCUT2D eigenvalue weighted by Gasteiger charge is 2.21. The van der Waals surface area contributed by atoms with E-state index >= 15 is 0 Å². The number of hydrogen-bond donors (Lipinski definition) is 1. The predicted molar refractivity (Wildman–Crippen MR) is 88.5 cm³/mol. The van der Waals surface area contributed by atoms with Gasteiger partial charge in [-0.15, -0.1) is 11.3 Å². The van der Waals surface area contributed by atoms with E-state index in [1.54, 1.807) is 11.3 Å². The first-order valence-electron chi connectivity index (χ1n) is 6.61. The Labute approximate surface area is 135 Å². The molecule has 0 spiro atoms. The van der Waals surface area contributed by atoms with Crippen LogP contribution >= 0.6 is 39.0 Å². The lowest BCUT2D eigenvalue weighted by Gasteiger charge is -2.09. The molecule has 3 heterocycles. The van der Waals surface area contributed by atoms with Gasteiger partial charge in [-0.2, -0.15) is 16.9 Å². The molecule has 0 saturated heterocycles. The summed E-state index contributed by atoms with van der Waals surface area (Å²) in [6, 6.07) is 2.19. The summed E-state index contributed by atoms with van der Waals surface area (Å²) in [6.07, 6.45) is 1.30. The first-order valence-corrected chi connectivity index (χ1v) is 9.38. The first-order chi connectivity index (χ1) is 9.56. The second-order valence-electron chi connectivity index (χ2n) is 5.09. The Morgan fingerprint density at radius 2 is 2.35 bits per heavy atom. The summed E-state index contributed by atoms with van der Waals surface area (Å²) in [6.45, 7) is 1.97. The Hall–Kier alpha value is -0.300. The molecule has 0 radical (unpaired) electrons. The van der Waals surface area contributed by atoms with Gasteiger partial charge in [-0.05, 0) is 46.7 Å². The van der Waals surface area contributed by atoms with Crippen LogP contribution in [0, 0.1) is 6.92 Å². The second-order valence-corrected chi connectivity index (χ2v) is 8.16. The van der Waals surface area contributed by atoms with Crippen LogP contribution in [0.25, 0.3) is 0 Å². The number of hydrogen-bond acceptors (Lipinski definition) is 4. The van der Waals surface area contributed by atoms with Crippen molar-refractivity contribution in [1.29, 1.82) is 0 Å². The van der Waals surface area contributed by atoms with E-state index in [9.17, 15) is 5.11 Å². The highest BCUT2D eigenvalue weighted by molar-refractivity contribution is 9.10. The lowest BCUT2D eigenvalue weighted by Crippen LogP contribution is -2.05. The number of aliphatic hydroxyl groups is 1. The summed E-state index contributed by atoms with van der Waals surface area (Å²) in [5.74, 6) is 2.29. The van der Waals surface area contributed by atoms with Crippen molar-refractivity contribution < 1.29 is 5.11 Å². The van der Waals surface area contributed by atoms with Gasteiger partial charge in [0.25, 0.3) is 0 Å². The fourth-order valence-electron chi connectivity index (χ4n) is 2.52. The summed E-state index contributed by atoms with van der Waals surface area (Å²) >= 11 is 7.32. The van der Waals surface area contributed by atoms with Crippen LogP contribution in [0.15, 0.2) is 10.5 Å². The van der Waals surface area contributed by atoms with E-state index in [0.29, 0.717) is 6.42 Å². The molecule has 0 saturated carbocycles. The quantitative estimate of drug-likeness (QED) is 0.893. The zero-order valence-corrected chi connectivity index (χ0v) is 14.7. The van der Waals surface area contributed by atoms with Crippen molar-refractivity contribution >= 4 is 39.0 Å². The molecular formula is C14H17BrN2OS2. The van der Waals surface area contributed by atoms with E-state index in [-0.39, 0.29) is 0 Å². The molecule has 1 atom stereocenters. The number of aryl methyl sites for hydroxylation is 3. The molecule has 0 fully saturated rings. The first kappa shape index (κ1) is 14.6. The molecule has 3 rings (SSSR count). The molecule has 6 heteroatoms. The van der Waals surface area contributed by atoms with Gasteiger partial charge in [-0.1, -0.05) is 0 Å². The monoisotopic (exact) mass is 372 g/mol. The number of halogens is 1. The van der Waals surface area contributed by atoms with E-state index in [2.05, 4.69) is 27.1 Å². The zero-order chi connectivity index (χ0) is 14.3. The molecule has 2 aromatic heterocycles. The molecule has 1 aliphatic heterocycles. The van der Waals surface area contributed by atoms with Crippen LogP contribution in [0.3, 0.4) is 0 Å². The van der Waals surface area contributed by atoms with E-state index in [4.69, 9.17) is 0 Å². The van der Waals surface area contributed by atoms with Gasteiger partial charge < -0.3 is 5.11 Å². The second kappa shape index (κ2) is 5.83. The van der Waals surface area contributed by atoms with Crippen LogP contribution in [-0.4, -0.2) is 20.6 Å². The summed E-state index contributed by atoms with van der Waals surface area (Å²) in [7, 11) is 1.93. The number of nitrogens with zero attached hydrogens (tertiary/aromatic N) is 2. The van der Waals surface area contributed by atoms with Crippen LogP contribution in [0.4, 0.5) is 0 Å². The highest BCUT2D eigenvalue weighted by atomic mass is 79.9. The molecular weight excluding hydrogens is 356 g/mol. The number of rotatable bonds is 3.